The van der Waals surface area contributed by atoms with Gasteiger partial charge in [-0.3, -0.25) is 4.79 Å². The number of amides is 1. The van der Waals surface area contributed by atoms with E-state index in [0.717, 1.165) is 35.4 Å². The highest BCUT2D eigenvalue weighted by Crippen LogP contribution is 2.36. The summed E-state index contributed by atoms with van der Waals surface area (Å²) in [5.74, 6) is 1.10. The molecular formula is C15H21BrN2O2. The van der Waals surface area contributed by atoms with E-state index in [1.165, 1.54) is 0 Å². The van der Waals surface area contributed by atoms with Crippen molar-refractivity contribution >= 4 is 27.5 Å². The van der Waals surface area contributed by atoms with Gasteiger partial charge in [0.25, 0.3) is 0 Å². The maximum absolute atomic E-state index is 12.7. The van der Waals surface area contributed by atoms with Gasteiger partial charge in [0.05, 0.1) is 12.5 Å². The Balaban J connectivity index is 2.20. The Morgan fingerprint density at radius 3 is 2.75 bits per heavy atom. The number of ether oxygens (including phenoxy) is 1. The molecule has 1 unspecified atom stereocenters. The molecule has 2 rings (SSSR count). The lowest BCUT2D eigenvalue weighted by Crippen LogP contribution is -2.42. The highest BCUT2D eigenvalue weighted by atomic mass is 79.9. The molecule has 20 heavy (non-hydrogen) atoms. The quantitative estimate of drug-likeness (QED) is 0.885. The van der Waals surface area contributed by atoms with Gasteiger partial charge in [-0.15, -0.1) is 0 Å². The average molecular weight is 341 g/mol. The van der Waals surface area contributed by atoms with Gasteiger partial charge in [0.2, 0.25) is 5.91 Å². The minimum Gasteiger partial charge on any atom is -0.497 e. The first-order chi connectivity index (χ1) is 9.48. The maximum atomic E-state index is 12.7. The van der Waals surface area contributed by atoms with Crippen LogP contribution in [-0.4, -0.2) is 26.1 Å². The first kappa shape index (κ1) is 15.3. The third-order valence-electron chi connectivity index (χ3n) is 4.11. The second-order valence-electron chi connectivity index (χ2n) is 5.57. The summed E-state index contributed by atoms with van der Waals surface area (Å²) in [6.07, 6.45) is 0.877. The van der Waals surface area contributed by atoms with Crippen molar-refractivity contribution in [1.82, 2.24) is 5.32 Å². The Morgan fingerprint density at radius 1 is 1.45 bits per heavy atom. The van der Waals surface area contributed by atoms with Crippen LogP contribution in [-0.2, 0) is 4.79 Å². The molecule has 2 N–H and O–H groups in total. The van der Waals surface area contributed by atoms with Gasteiger partial charge in [-0.1, -0.05) is 29.8 Å². The monoisotopic (exact) mass is 340 g/mol. The third kappa shape index (κ3) is 2.99. The van der Waals surface area contributed by atoms with Crippen LogP contribution in [0.2, 0.25) is 0 Å². The highest BCUT2D eigenvalue weighted by Gasteiger charge is 2.43. The van der Waals surface area contributed by atoms with E-state index in [1.807, 2.05) is 18.2 Å². The number of methoxy groups -OCH3 is 1. The normalized spacial score (nSPS) is 22.1. The molecule has 4 nitrogen and oxygen atoms in total. The van der Waals surface area contributed by atoms with Gasteiger partial charge in [-0.05, 0) is 31.0 Å². The zero-order valence-corrected chi connectivity index (χ0v) is 13.7. The van der Waals surface area contributed by atoms with Crippen molar-refractivity contribution in [3.63, 3.8) is 0 Å². The molecule has 1 heterocycles. The predicted molar refractivity (Wildman–Crippen MR) is 84.1 cm³/mol. The van der Waals surface area contributed by atoms with E-state index < -0.39 is 0 Å². The minimum absolute atomic E-state index is 0.0812. The molecule has 0 spiro atoms. The van der Waals surface area contributed by atoms with Crippen LogP contribution in [0.5, 0.6) is 5.75 Å². The molecule has 0 saturated carbocycles. The zero-order chi connectivity index (χ0) is 14.8. The van der Waals surface area contributed by atoms with E-state index in [0.29, 0.717) is 5.92 Å². The van der Waals surface area contributed by atoms with E-state index in [2.05, 4.69) is 40.4 Å². The van der Waals surface area contributed by atoms with E-state index >= 15 is 0 Å². The summed E-state index contributed by atoms with van der Waals surface area (Å²) in [6.45, 7) is 5.84. The number of halogens is 1. The number of carbonyl (C=O) groups is 1. The van der Waals surface area contributed by atoms with Crippen LogP contribution >= 0.6 is 15.9 Å². The molecule has 0 bridgehead atoms. The summed E-state index contributed by atoms with van der Waals surface area (Å²) in [5, 5.41) is 6.33. The molecule has 1 saturated heterocycles. The molecule has 1 atom stereocenters. The number of benzene rings is 1. The van der Waals surface area contributed by atoms with Gasteiger partial charge in [0.15, 0.2) is 0 Å². The van der Waals surface area contributed by atoms with Crippen molar-refractivity contribution in [2.24, 2.45) is 11.3 Å². The van der Waals surface area contributed by atoms with Gasteiger partial charge in [0, 0.05) is 22.8 Å². The molecule has 1 amide bonds. The van der Waals surface area contributed by atoms with E-state index in [9.17, 15) is 4.79 Å². The fraction of sp³-hybridized carbons (Fsp3) is 0.533. The second-order valence-corrected chi connectivity index (χ2v) is 6.49. The number of hydrogen-bond donors (Lipinski definition) is 2. The lowest BCUT2D eigenvalue weighted by atomic mass is 9.75. The van der Waals surface area contributed by atoms with Crippen molar-refractivity contribution in [2.45, 2.75) is 20.3 Å². The molecule has 0 aliphatic carbocycles. The predicted octanol–water partition coefficient (Wildman–Crippen LogP) is 3.03. The summed E-state index contributed by atoms with van der Waals surface area (Å²) in [6, 6.07) is 5.58. The largest absolute Gasteiger partial charge is 0.497 e. The summed E-state index contributed by atoms with van der Waals surface area (Å²) in [7, 11) is 1.61. The molecule has 1 aromatic carbocycles. The second kappa shape index (κ2) is 6.14. The lowest BCUT2D eigenvalue weighted by Gasteiger charge is -2.31. The molecule has 110 valence electrons. The van der Waals surface area contributed by atoms with Crippen LogP contribution in [0.1, 0.15) is 20.3 Å². The Kier molecular flexibility index (Phi) is 4.70. The van der Waals surface area contributed by atoms with Crippen molar-refractivity contribution in [3.8, 4) is 5.75 Å². The Morgan fingerprint density at radius 2 is 2.20 bits per heavy atom. The van der Waals surface area contributed by atoms with Crippen molar-refractivity contribution in [2.75, 3.05) is 25.5 Å². The molecule has 1 aromatic rings. The van der Waals surface area contributed by atoms with E-state index in [4.69, 9.17) is 4.74 Å². The van der Waals surface area contributed by atoms with Crippen LogP contribution in [0.3, 0.4) is 0 Å². The van der Waals surface area contributed by atoms with Gasteiger partial charge in [-0.25, -0.2) is 0 Å². The number of anilines is 1. The van der Waals surface area contributed by atoms with Crippen LogP contribution < -0.4 is 15.4 Å². The molecule has 0 radical (unpaired) electrons. The number of carbonyl (C=O) groups excluding carboxylic acids is 1. The number of hydrogen-bond acceptors (Lipinski definition) is 3. The highest BCUT2D eigenvalue weighted by molar-refractivity contribution is 9.10. The summed E-state index contributed by atoms with van der Waals surface area (Å²) in [4.78, 5) is 12.7. The maximum Gasteiger partial charge on any atom is 0.232 e. The average Bonchev–Trinajstić information content (AvgIpc) is 2.88. The molecule has 0 aromatic heterocycles. The molecule has 1 fully saturated rings. The Hall–Kier alpha value is -1.07. The van der Waals surface area contributed by atoms with Crippen molar-refractivity contribution < 1.29 is 9.53 Å². The van der Waals surface area contributed by atoms with Crippen LogP contribution in [0.25, 0.3) is 0 Å². The molecule has 5 heteroatoms. The topological polar surface area (TPSA) is 50.4 Å². The standard InChI is InChI=1S/C15H21BrN2O2/c1-10(2)15(4-5-17-9-15)14(19)18-12-6-11(16)7-13(8-12)20-3/h6-8,10,17H,4-5,9H2,1-3H3,(H,18,19). The molecule has 1 aliphatic heterocycles. The molecular weight excluding hydrogens is 320 g/mol. The van der Waals surface area contributed by atoms with Crippen molar-refractivity contribution in [3.05, 3.63) is 22.7 Å². The smallest absolute Gasteiger partial charge is 0.232 e. The van der Waals surface area contributed by atoms with Gasteiger partial charge >= 0.3 is 0 Å². The number of nitrogens with one attached hydrogen (secondary N) is 2. The van der Waals surface area contributed by atoms with Crippen LogP contribution in [0.15, 0.2) is 22.7 Å². The van der Waals surface area contributed by atoms with Crippen LogP contribution in [0.4, 0.5) is 5.69 Å². The molecule has 1 aliphatic rings. The van der Waals surface area contributed by atoms with E-state index in [-0.39, 0.29) is 11.3 Å². The summed E-state index contributed by atoms with van der Waals surface area (Å²) >= 11 is 3.43. The zero-order valence-electron chi connectivity index (χ0n) is 12.1. The Labute approximate surface area is 128 Å². The van der Waals surface area contributed by atoms with Gasteiger partial charge < -0.3 is 15.4 Å². The first-order valence-electron chi connectivity index (χ1n) is 6.85. The van der Waals surface area contributed by atoms with Crippen LogP contribution in [0, 0.1) is 11.3 Å². The van der Waals surface area contributed by atoms with E-state index in [1.54, 1.807) is 7.11 Å². The lowest BCUT2D eigenvalue weighted by molar-refractivity contribution is -0.126. The fourth-order valence-corrected chi connectivity index (χ4v) is 3.14. The number of rotatable bonds is 4. The van der Waals surface area contributed by atoms with Gasteiger partial charge in [-0.2, -0.15) is 0 Å². The summed E-state index contributed by atoms with van der Waals surface area (Å²) < 4.78 is 6.11. The third-order valence-corrected chi connectivity index (χ3v) is 4.57. The summed E-state index contributed by atoms with van der Waals surface area (Å²) in [5.41, 5.74) is 0.434. The fourth-order valence-electron chi connectivity index (χ4n) is 2.67. The minimum atomic E-state index is -0.324. The van der Waals surface area contributed by atoms with Gasteiger partial charge in [0.1, 0.15) is 5.75 Å². The van der Waals surface area contributed by atoms with Crippen molar-refractivity contribution in [1.29, 1.82) is 0 Å². The SMILES string of the molecule is COc1cc(Br)cc(NC(=O)C2(C(C)C)CCNC2)c1. The Bertz CT molecular complexity index is 497. The first-order valence-corrected chi connectivity index (χ1v) is 7.64.